The van der Waals surface area contributed by atoms with E-state index in [1.54, 1.807) is 60.7 Å². The van der Waals surface area contributed by atoms with Gasteiger partial charge in [-0.15, -0.1) is 5.10 Å². The number of aliphatic carboxylic acids is 1. The van der Waals surface area contributed by atoms with Gasteiger partial charge in [0.2, 0.25) is 0 Å². The first-order valence-electron chi connectivity index (χ1n) is 10.6. The van der Waals surface area contributed by atoms with Gasteiger partial charge >= 0.3 is 5.97 Å². The molecule has 0 aliphatic carbocycles. The molecule has 0 aliphatic rings. The number of Topliss-reactive ketones (excluding diaryl/α,β-unsaturated/α-hetero) is 1. The van der Waals surface area contributed by atoms with Crippen LogP contribution in [0.2, 0.25) is 0 Å². The van der Waals surface area contributed by atoms with E-state index in [4.69, 9.17) is 6.57 Å². The first-order valence-corrected chi connectivity index (χ1v) is 10.6. The largest absolute Gasteiger partial charge is 0.481 e. The minimum Gasteiger partial charge on any atom is -0.481 e. The summed E-state index contributed by atoms with van der Waals surface area (Å²) in [4.78, 5) is 40.5. The second-order valence-corrected chi connectivity index (χ2v) is 7.82. The lowest BCUT2D eigenvalue weighted by Crippen LogP contribution is -2.27. The summed E-state index contributed by atoms with van der Waals surface area (Å²) < 4.78 is 1.14. The van der Waals surface area contributed by atoms with Gasteiger partial charge in [-0.1, -0.05) is 65.9 Å². The third-order valence-electron chi connectivity index (χ3n) is 5.64. The monoisotopic (exact) mass is 452 g/mol. The third-order valence-corrected chi connectivity index (χ3v) is 5.64. The smallest absolute Gasteiger partial charge is 0.307 e. The van der Waals surface area contributed by atoms with E-state index in [9.17, 15) is 19.5 Å². The van der Waals surface area contributed by atoms with Gasteiger partial charge < -0.3 is 5.11 Å². The number of carbonyl (C=O) groups excluding carboxylic acids is 1. The molecule has 168 valence electrons. The van der Waals surface area contributed by atoms with Gasteiger partial charge in [-0.3, -0.25) is 14.4 Å². The number of ketones is 1. The van der Waals surface area contributed by atoms with Crippen LogP contribution < -0.4 is 5.56 Å². The predicted molar refractivity (Wildman–Crippen MR) is 127 cm³/mol. The molecule has 4 rings (SSSR count). The zero-order valence-corrected chi connectivity index (χ0v) is 18.1. The standard InChI is InChI=1S/C26H20N4O4/c1-27-21-12-10-18(11-13-21)17-6-8-19(9-7-17)24(31)16-20(26(33)34)14-15-30-25(32)22-4-2-3-5-23(22)28-29-30/h2-13,20H,14-16H2,(H,33,34). The zero-order valence-electron chi connectivity index (χ0n) is 18.1. The highest BCUT2D eigenvalue weighted by molar-refractivity contribution is 5.98. The molecule has 0 bridgehead atoms. The van der Waals surface area contributed by atoms with Crippen LogP contribution in [0.3, 0.4) is 0 Å². The maximum atomic E-state index is 12.8. The lowest BCUT2D eigenvalue weighted by Gasteiger charge is -2.12. The van der Waals surface area contributed by atoms with E-state index in [0.29, 0.717) is 22.2 Å². The number of hydrogen-bond donors (Lipinski definition) is 1. The van der Waals surface area contributed by atoms with Gasteiger partial charge in [-0.2, -0.15) is 0 Å². The molecule has 0 fully saturated rings. The number of rotatable bonds is 8. The second kappa shape index (κ2) is 9.88. The molecule has 8 nitrogen and oxygen atoms in total. The summed E-state index contributed by atoms with van der Waals surface area (Å²) in [5.41, 5.74) is 2.89. The lowest BCUT2D eigenvalue weighted by atomic mass is 9.94. The fraction of sp³-hybridized carbons (Fsp3) is 0.154. The minimum absolute atomic E-state index is 0.0421. The van der Waals surface area contributed by atoms with E-state index in [1.165, 1.54) is 0 Å². The molecule has 0 amide bonds. The van der Waals surface area contributed by atoms with Gasteiger partial charge in [0.25, 0.3) is 5.56 Å². The number of carbonyl (C=O) groups is 2. The van der Waals surface area contributed by atoms with Crippen LogP contribution in [0.1, 0.15) is 23.2 Å². The Kier molecular flexibility index (Phi) is 6.55. The molecule has 0 saturated carbocycles. The number of carboxylic acid groups (broad SMARTS) is 1. The van der Waals surface area contributed by atoms with Crippen LogP contribution in [-0.2, 0) is 11.3 Å². The summed E-state index contributed by atoms with van der Waals surface area (Å²) in [7, 11) is 0. The SMILES string of the molecule is [C-]#[N+]c1ccc(-c2ccc(C(=O)CC(CCn3nnc4ccccc4c3=O)C(=O)O)cc2)cc1. The highest BCUT2D eigenvalue weighted by Crippen LogP contribution is 2.24. The molecule has 4 aromatic rings. The predicted octanol–water partition coefficient (Wildman–Crippen LogP) is 4.37. The molecule has 8 heteroatoms. The first kappa shape index (κ1) is 22.6. The second-order valence-electron chi connectivity index (χ2n) is 7.82. The summed E-state index contributed by atoms with van der Waals surface area (Å²) in [6.45, 7) is 7.07. The maximum Gasteiger partial charge on any atom is 0.307 e. The van der Waals surface area contributed by atoms with Gasteiger partial charge in [0.1, 0.15) is 5.52 Å². The van der Waals surface area contributed by atoms with Crippen LogP contribution in [-0.4, -0.2) is 31.9 Å². The number of carboxylic acids is 1. The van der Waals surface area contributed by atoms with Crippen molar-refractivity contribution in [3.8, 4) is 11.1 Å². The molecule has 0 radical (unpaired) electrons. The molecule has 34 heavy (non-hydrogen) atoms. The number of aromatic nitrogens is 3. The first-order chi connectivity index (χ1) is 16.5. The van der Waals surface area contributed by atoms with Gasteiger partial charge in [0, 0.05) is 18.5 Å². The van der Waals surface area contributed by atoms with Crippen LogP contribution >= 0.6 is 0 Å². The molecule has 0 saturated heterocycles. The number of benzene rings is 3. The number of nitrogens with zero attached hydrogens (tertiary/aromatic N) is 4. The summed E-state index contributed by atoms with van der Waals surface area (Å²) in [6.07, 6.45) is -0.121. The molecule has 1 heterocycles. The van der Waals surface area contributed by atoms with Crippen molar-refractivity contribution in [1.82, 2.24) is 15.0 Å². The Balaban J connectivity index is 1.44. The van der Waals surface area contributed by atoms with Crippen LogP contribution in [0.25, 0.3) is 26.9 Å². The molecular weight excluding hydrogens is 432 g/mol. The van der Waals surface area contributed by atoms with Gasteiger partial charge in [0.05, 0.1) is 17.9 Å². The Bertz CT molecular complexity index is 1450. The average molecular weight is 452 g/mol. The molecule has 1 N–H and O–H groups in total. The Morgan fingerprint density at radius 3 is 2.26 bits per heavy atom. The summed E-state index contributed by atoms with van der Waals surface area (Å²) >= 11 is 0. The Morgan fingerprint density at radius 1 is 0.971 bits per heavy atom. The van der Waals surface area contributed by atoms with Gasteiger partial charge in [-0.25, -0.2) is 9.53 Å². The van der Waals surface area contributed by atoms with Gasteiger partial charge in [0.15, 0.2) is 11.5 Å². The maximum absolute atomic E-state index is 12.8. The third kappa shape index (κ3) is 4.89. The summed E-state index contributed by atoms with van der Waals surface area (Å²) in [6, 6.07) is 20.8. The fourth-order valence-corrected chi connectivity index (χ4v) is 3.68. The molecular formula is C26H20N4O4. The van der Waals surface area contributed by atoms with Crippen molar-refractivity contribution in [2.75, 3.05) is 0 Å². The molecule has 0 spiro atoms. The highest BCUT2D eigenvalue weighted by Gasteiger charge is 2.22. The Morgan fingerprint density at radius 2 is 1.62 bits per heavy atom. The zero-order chi connectivity index (χ0) is 24.1. The molecule has 3 aromatic carbocycles. The highest BCUT2D eigenvalue weighted by atomic mass is 16.4. The van der Waals surface area contributed by atoms with E-state index in [2.05, 4.69) is 15.2 Å². The van der Waals surface area contributed by atoms with Crippen LogP contribution in [0.4, 0.5) is 5.69 Å². The van der Waals surface area contributed by atoms with Crippen molar-refractivity contribution >= 4 is 28.3 Å². The number of aryl methyl sites for hydroxylation is 1. The van der Waals surface area contributed by atoms with Gasteiger partial charge in [-0.05, 0) is 29.7 Å². The lowest BCUT2D eigenvalue weighted by molar-refractivity contribution is -0.142. The Hall–Kier alpha value is -4.64. The quantitative estimate of drug-likeness (QED) is 0.314. The van der Waals surface area contributed by atoms with E-state index in [-0.39, 0.29) is 30.7 Å². The van der Waals surface area contributed by atoms with Crippen molar-refractivity contribution in [2.45, 2.75) is 19.4 Å². The van der Waals surface area contributed by atoms with Crippen LogP contribution in [0.15, 0.2) is 77.6 Å². The fourth-order valence-electron chi connectivity index (χ4n) is 3.68. The van der Waals surface area contributed by atoms with Crippen molar-refractivity contribution in [1.29, 1.82) is 0 Å². The normalized spacial score (nSPS) is 11.6. The average Bonchev–Trinajstić information content (AvgIpc) is 2.87. The van der Waals surface area contributed by atoms with Crippen LogP contribution in [0.5, 0.6) is 0 Å². The van der Waals surface area contributed by atoms with E-state index in [0.717, 1.165) is 15.8 Å². The van der Waals surface area contributed by atoms with E-state index in [1.807, 2.05) is 12.1 Å². The number of hydrogen-bond acceptors (Lipinski definition) is 5. The van der Waals surface area contributed by atoms with E-state index < -0.39 is 11.9 Å². The molecule has 1 aromatic heterocycles. The number of fused-ring (bicyclic) bond motifs is 1. The summed E-state index contributed by atoms with van der Waals surface area (Å²) in [5.74, 6) is -2.36. The topological polar surface area (TPSA) is 107 Å². The van der Waals surface area contributed by atoms with Crippen molar-refractivity contribution < 1.29 is 14.7 Å². The molecule has 1 unspecified atom stereocenters. The minimum atomic E-state index is -1.10. The molecule has 1 atom stereocenters. The Labute approximate surface area is 194 Å². The van der Waals surface area contributed by atoms with E-state index >= 15 is 0 Å². The molecule has 0 aliphatic heterocycles. The van der Waals surface area contributed by atoms with Crippen molar-refractivity contribution in [3.05, 3.63) is 100 Å². The van der Waals surface area contributed by atoms with Crippen molar-refractivity contribution in [2.24, 2.45) is 5.92 Å². The summed E-state index contributed by atoms with van der Waals surface area (Å²) in [5, 5.41) is 17.9. The van der Waals surface area contributed by atoms with Crippen LogP contribution in [0, 0.1) is 12.5 Å². The van der Waals surface area contributed by atoms with Crippen molar-refractivity contribution in [3.63, 3.8) is 0 Å².